The van der Waals surface area contributed by atoms with E-state index in [1.165, 1.54) is 0 Å². The first kappa shape index (κ1) is 12.6. The van der Waals surface area contributed by atoms with Crippen LogP contribution in [0, 0.1) is 0 Å². The zero-order valence-electron chi connectivity index (χ0n) is 11.2. The Kier molecular flexibility index (Phi) is 2.89. The molecule has 0 bridgehead atoms. The minimum absolute atomic E-state index is 0.0707. The zero-order chi connectivity index (χ0) is 13.5. The van der Waals surface area contributed by atoms with E-state index in [0.717, 1.165) is 5.69 Å². The zero-order valence-corrected chi connectivity index (χ0v) is 11.2. The maximum absolute atomic E-state index is 10.2. The van der Waals surface area contributed by atoms with E-state index < -0.39 is 5.54 Å². The molecule has 0 saturated carbocycles. The van der Waals surface area contributed by atoms with Crippen LogP contribution in [0.1, 0.15) is 33.3 Å². The Balaban J connectivity index is 2.62. The molecule has 4 nitrogen and oxygen atoms in total. The fourth-order valence-electron chi connectivity index (χ4n) is 2.31. The number of aromatic hydroxyl groups is 1. The minimum atomic E-state index is -0.531. The molecule has 0 aromatic heterocycles. The van der Waals surface area contributed by atoms with Gasteiger partial charge >= 0.3 is 0 Å². The van der Waals surface area contributed by atoms with E-state index >= 15 is 0 Å². The number of benzene rings is 1. The molecular weight excluding hydrogens is 230 g/mol. The fourth-order valence-corrected chi connectivity index (χ4v) is 2.31. The van der Waals surface area contributed by atoms with Crippen LogP contribution >= 0.6 is 0 Å². The van der Waals surface area contributed by atoms with Crippen molar-refractivity contribution in [3.63, 3.8) is 0 Å². The summed E-state index contributed by atoms with van der Waals surface area (Å²) in [5.41, 5.74) is 1.55. The van der Waals surface area contributed by atoms with Gasteiger partial charge < -0.3 is 20.3 Å². The molecular formula is C14H19NO3. The van der Waals surface area contributed by atoms with E-state index in [1.807, 2.05) is 26.8 Å². The number of nitrogens with one attached hydrogen (secondary N) is 1. The van der Waals surface area contributed by atoms with Crippen LogP contribution in [0.3, 0.4) is 0 Å². The van der Waals surface area contributed by atoms with Crippen molar-refractivity contribution >= 4 is 11.3 Å². The summed E-state index contributed by atoms with van der Waals surface area (Å²) in [5.74, 6) is 0.741. The van der Waals surface area contributed by atoms with Crippen molar-refractivity contribution < 1.29 is 14.9 Å². The predicted molar refractivity (Wildman–Crippen MR) is 72.2 cm³/mol. The van der Waals surface area contributed by atoms with Crippen molar-refractivity contribution in [3.05, 3.63) is 23.5 Å². The molecule has 0 amide bonds. The molecule has 1 aliphatic rings. The fraction of sp³-hybridized carbons (Fsp3) is 0.429. The molecule has 0 saturated heterocycles. The quantitative estimate of drug-likeness (QED) is 0.752. The Hall–Kier alpha value is -1.84. The predicted octanol–water partition coefficient (Wildman–Crippen LogP) is 3.28. The summed E-state index contributed by atoms with van der Waals surface area (Å²) in [6.07, 6.45) is 0. The van der Waals surface area contributed by atoms with Gasteiger partial charge in [-0.15, -0.1) is 0 Å². The number of anilines is 1. The van der Waals surface area contributed by atoms with Gasteiger partial charge in [0.2, 0.25) is 0 Å². The third-order valence-corrected chi connectivity index (χ3v) is 3.21. The van der Waals surface area contributed by atoms with Crippen LogP contribution in [0.5, 0.6) is 11.5 Å². The summed E-state index contributed by atoms with van der Waals surface area (Å²) in [7, 11) is 0. The lowest BCUT2D eigenvalue weighted by atomic mass is 9.88. The number of aliphatic hydroxyl groups excluding tert-OH is 1. The molecule has 3 N–H and O–H groups in total. The Bertz CT molecular complexity index is 518. The molecule has 1 heterocycles. The molecule has 98 valence electrons. The Labute approximate surface area is 107 Å². The molecule has 0 aliphatic carbocycles. The minimum Gasteiger partial charge on any atom is -0.510 e. The highest BCUT2D eigenvalue weighted by atomic mass is 16.5. The third kappa shape index (κ3) is 1.78. The number of fused-ring (bicyclic) bond motifs is 1. The SMILES string of the molecule is CCOc1ccc2c(c1O)C(C)=C(O)C(C)(C)N2. The van der Waals surface area contributed by atoms with Gasteiger partial charge in [-0.3, -0.25) is 0 Å². The summed E-state index contributed by atoms with van der Waals surface area (Å²) >= 11 is 0. The molecule has 1 aliphatic heterocycles. The van der Waals surface area contributed by atoms with E-state index in [1.54, 1.807) is 13.0 Å². The lowest BCUT2D eigenvalue weighted by Crippen LogP contribution is -2.36. The normalized spacial score (nSPS) is 17.1. The standard InChI is InChI=1S/C14H19NO3/c1-5-18-10-7-6-9-11(12(10)16)8(2)13(17)14(3,4)15-9/h6-7,15-17H,5H2,1-4H3. The molecule has 0 fully saturated rings. The molecule has 2 rings (SSSR count). The highest BCUT2D eigenvalue weighted by Gasteiger charge is 2.33. The van der Waals surface area contributed by atoms with Crippen LogP contribution in [0.2, 0.25) is 0 Å². The van der Waals surface area contributed by atoms with Crippen LogP contribution in [0.25, 0.3) is 5.57 Å². The van der Waals surface area contributed by atoms with Crippen molar-refractivity contribution in [2.45, 2.75) is 33.2 Å². The highest BCUT2D eigenvalue weighted by molar-refractivity contribution is 5.86. The molecule has 18 heavy (non-hydrogen) atoms. The number of hydrogen-bond acceptors (Lipinski definition) is 4. The van der Waals surface area contributed by atoms with Crippen LogP contribution in [0.15, 0.2) is 17.9 Å². The van der Waals surface area contributed by atoms with Gasteiger partial charge in [0.15, 0.2) is 11.5 Å². The van der Waals surface area contributed by atoms with E-state index in [0.29, 0.717) is 23.5 Å². The molecule has 4 heteroatoms. The second-order valence-corrected chi connectivity index (χ2v) is 4.99. The Morgan fingerprint density at radius 3 is 2.56 bits per heavy atom. The molecule has 0 atom stereocenters. The van der Waals surface area contributed by atoms with Gasteiger partial charge in [0.25, 0.3) is 0 Å². The average molecular weight is 249 g/mol. The van der Waals surface area contributed by atoms with Crippen molar-refractivity contribution in [3.8, 4) is 11.5 Å². The first-order valence-corrected chi connectivity index (χ1v) is 6.06. The molecule has 1 aromatic carbocycles. The topological polar surface area (TPSA) is 61.7 Å². The van der Waals surface area contributed by atoms with Gasteiger partial charge in [-0.1, -0.05) is 0 Å². The van der Waals surface area contributed by atoms with Crippen LogP contribution in [0.4, 0.5) is 5.69 Å². The number of allylic oxidation sites excluding steroid dienone is 1. The molecule has 1 aromatic rings. The van der Waals surface area contributed by atoms with Crippen LogP contribution in [-0.4, -0.2) is 22.4 Å². The smallest absolute Gasteiger partial charge is 0.167 e. The lowest BCUT2D eigenvalue weighted by Gasteiger charge is -2.34. The van der Waals surface area contributed by atoms with E-state index in [2.05, 4.69) is 5.32 Å². The van der Waals surface area contributed by atoms with Crippen molar-refractivity contribution in [2.75, 3.05) is 11.9 Å². The Morgan fingerprint density at radius 2 is 1.94 bits per heavy atom. The highest BCUT2D eigenvalue weighted by Crippen LogP contribution is 2.45. The third-order valence-electron chi connectivity index (χ3n) is 3.21. The van der Waals surface area contributed by atoms with Gasteiger partial charge in [-0.25, -0.2) is 0 Å². The summed E-state index contributed by atoms with van der Waals surface area (Å²) in [4.78, 5) is 0. The largest absolute Gasteiger partial charge is 0.510 e. The second-order valence-electron chi connectivity index (χ2n) is 4.99. The summed E-state index contributed by atoms with van der Waals surface area (Å²) in [6.45, 7) is 7.93. The van der Waals surface area contributed by atoms with Crippen LogP contribution < -0.4 is 10.1 Å². The maximum atomic E-state index is 10.2. The number of rotatable bonds is 2. The summed E-state index contributed by atoms with van der Waals surface area (Å²) < 4.78 is 5.36. The van der Waals surface area contributed by atoms with Crippen LogP contribution in [-0.2, 0) is 0 Å². The van der Waals surface area contributed by atoms with E-state index in [4.69, 9.17) is 4.74 Å². The average Bonchev–Trinajstić information content (AvgIpc) is 2.29. The molecule has 0 radical (unpaired) electrons. The second kappa shape index (κ2) is 4.12. The number of hydrogen-bond donors (Lipinski definition) is 3. The first-order valence-electron chi connectivity index (χ1n) is 6.06. The van der Waals surface area contributed by atoms with Crippen molar-refractivity contribution in [1.82, 2.24) is 0 Å². The summed E-state index contributed by atoms with van der Waals surface area (Å²) in [5, 5.41) is 23.6. The molecule has 0 unspecified atom stereocenters. The van der Waals surface area contributed by atoms with Gasteiger partial charge in [0.05, 0.1) is 12.1 Å². The van der Waals surface area contributed by atoms with Gasteiger partial charge in [0, 0.05) is 16.8 Å². The lowest BCUT2D eigenvalue weighted by molar-refractivity contribution is 0.315. The monoisotopic (exact) mass is 249 g/mol. The maximum Gasteiger partial charge on any atom is 0.167 e. The number of phenols is 1. The number of phenolic OH excluding ortho intramolecular Hbond substituents is 1. The van der Waals surface area contributed by atoms with Crippen molar-refractivity contribution in [2.24, 2.45) is 0 Å². The first-order chi connectivity index (χ1) is 8.38. The molecule has 0 spiro atoms. The summed E-state index contributed by atoms with van der Waals surface area (Å²) in [6, 6.07) is 3.59. The van der Waals surface area contributed by atoms with E-state index in [-0.39, 0.29) is 11.5 Å². The van der Waals surface area contributed by atoms with Crippen molar-refractivity contribution in [1.29, 1.82) is 0 Å². The van der Waals surface area contributed by atoms with Gasteiger partial charge in [-0.2, -0.15) is 0 Å². The van der Waals surface area contributed by atoms with E-state index in [9.17, 15) is 10.2 Å². The number of ether oxygens (including phenoxy) is 1. The van der Waals surface area contributed by atoms with Gasteiger partial charge in [0.1, 0.15) is 5.76 Å². The Morgan fingerprint density at radius 1 is 1.28 bits per heavy atom. The van der Waals surface area contributed by atoms with Gasteiger partial charge in [-0.05, 0) is 39.8 Å². The number of aliphatic hydroxyl groups is 1.